The summed E-state index contributed by atoms with van der Waals surface area (Å²) < 4.78 is 1.91. The Balaban J connectivity index is 2.46. The van der Waals surface area contributed by atoms with E-state index in [4.69, 9.17) is 0 Å². The standard InChI is InChI=1S/C11H16NO/c1-10(2)8-11(13)9-12-6-4-3-5-7-12/h3-7,10H,8-9H2,1-2H3/q+1. The highest BCUT2D eigenvalue weighted by Crippen LogP contribution is 1.99. The third-order valence-corrected chi connectivity index (χ3v) is 1.77. The predicted octanol–water partition coefficient (Wildman–Crippen LogP) is 1.59. The van der Waals surface area contributed by atoms with E-state index in [1.807, 2.05) is 35.2 Å². The Kier molecular flexibility index (Phi) is 3.62. The van der Waals surface area contributed by atoms with Crippen LogP contribution in [0.3, 0.4) is 0 Å². The number of carbonyl (C=O) groups is 1. The van der Waals surface area contributed by atoms with Crippen molar-refractivity contribution in [1.29, 1.82) is 0 Å². The maximum absolute atomic E-state index is 11.4. The zero-order valence-corrected chi connectivity index (χ0v) is 8.23. The maximum atomic E-state index is 11.4. The number of aromatic nitrogens is 1. The van der Waals surface area contributed by atoms with Crippen LogP contribution in [0.5, 0.6) is 0 Å². The summed E-state index contributed by atoms with van der Waals surface area (Å²) in [6, 6.07) is 5.81. The fraction of sp³-hybridized carbons (Fsp3) is 0.455. The number of hydrogen-bond acceptors (Lipinski definition) is 1. The minimum atomic E-state index is 0.297. The van der Waals surface area contributed by atoms with Gasteiger partial charge in [-0.2, -0.15) is 4.57 Å². The van der Waals surface area contributed by atoms with Crippen LogP contribution >= 0.6 is 0 Å². The topological polar surface area (TPSA) is 20.9 Å². The predicted molar refractivity (Wildman–Crippen MR) is 51.1 cm³/mol. The molecule has 0 fully saturated rings. The molecule has 70 valence electrons. The van der Waals surface area contributed by atoms with Crippen molar-refractivity contribution in [2.75, 3.05) is 0 Å². The van der Waals surface area contributed by atoms with E-state index in [9.17, 15) is 4.79 Å². The number of rotatable bonds is 4. The Morgan fingerprint density at radius 3 is 2.38 bits per heavy atom. The van der Waals surface area contributed by atoms with Crippen molar-refractivity contribution < 1.29 is 9.36 Å². The van der Waals surface area contributed by atoms with Crippen LogP contribution in [0, 0.1) is 5.92 Å². The molecule has 0 N–H and O–H groups in total. The molecule has 0 radical (unpaired) electrons. The molecular weight excluding hydrogens is 162 g/mol. The van der Waals surface area contributed by atoms with Gasteiger partial charge in [0.05, 0.1) is 0 Å². The molecule has 0 bridgehead atoms. The summed E-state index contributed by atoms with van der Waals surface area (Å²) in [6.07, 6.45) is 4.50. The first-order valence-electron chi connectivity index (χ1n) is 4.64. The van der Waals surface area contributed by atoms with Crippen molar-refractivity contribution in [3.63, 3.8) is 0 Å². The van der Waals surface area contributed by atoms with Crippen molar-refractivity contribution in [2.45, 2.75) is 26.8 Å². The number of pyridine rings is 1. The van der Waals surface area contributed by atoms with E-state index in [0.717, 1.165) is 0 Å². The third kappa shape index (κ3) is 3.83. The van der Waals surface area contributed by atoms with Gasteiger partial charge in [0.1, 0.15) is 0 Å². The molecule has 1 aromatic rings. The van der Waals surface area contributed by atoms with Crippen LogP contribution in [-0.4, -0.2) is 5.78 Å². The SMILES string of the molecule is CC(C)CC(=O)C[n+]1ccccc1. The first-order valence-corrected chi connectivity index (χ1v) is 4.64. The van der Waals surface area contributed by atoms with Crippen molar-refractivity contribution in [3.05, 3.63) is 30.6 Å². The Hall–Kier alpha value is -1.18. The van der Waals surface area contributed by atoms with E-state index in [2.05, 4.69) is 13.8 Å². The van der Waals surface area contributed by atoms with Crippen LogP contribution in [0.1, 0.15) is 20.3 Å². The molecule has 2 heteroatoms. The molecule has 0 aliphatic carbocycles. The summed E-state index contributed by atoms with van der Waals surface area (Å²) in [7, 11) is 0. The smallest absolute Gasteiger partial charge is 0.206 e. The van der Waals surface area contributed by atoms with Gasteiger partial charge < -0.3 is 0 Å². The molecule has 0 amide bonds. The molecule has 0 unspecified atom stereocenters. The summed E-state index contributed by atoms with van der Waals surface area (Å²) in [5, 5.41) is 0. The van der Waals surface area contributed by atoms with Crippen molar-refractivity contribution in [3.8, 4) is 0 Å². The Bertz CT molecular complexity index is 267. The summed E-state index contributed by atoms with van der Waals surface area (Å²) in [5.41, 5.74) is 0. The molecule has 2 nitrogen and oxygen atoms in total. The van der Waals surface area contributed by atoms with Crippen LogP contribution in [0.15, 0.2) is 30.6 Å². The monoisotopic (exact) mass is 178 g/mol. The molecule has 0 saturated carbocycles. The van der Waals surface area contributed by atoms with Crippen molar-refractivity contribution >= 4 is 5.78 Å². The van der Waals surface area contributed by atoms with Gasteiger partial charge in [0.25, 0.3) is 0 Å². The van der Waals surface area contributed by atoms with Gasteiger partial charge in [-0.05, 0) is 5.92 Å². The average molecular weight is 178 g/mol. The lowest BCUT2D eigenvalue weighted by Gasteiger charge is -2.00. The molecule has 1 aromatic heterocycles. The minimum Gasteiger partial charge on any atom is -0.293 e. The highest BCUT2D eigenvalue weighted by atomic mass is 16.1. The van der Waals surface area contributed by atoms with Crippen LogP contribution in [0.25, 0.3) is 0 Å². The molecule has 0 aliphatic heterocycles. The lowest BCUT2D eigenvalue weighted by Crippen LogP contribution is -2.37. The largest absolute Gasteiger partial charge is 0.293 e. The van der Waals surface area contributed by atoms with Gasteiger partial charge in [0.15, 0.2) is 18.2 Å². The summed E-state index contributed by atoms with van der Waals surface area (Å²) >= 11 is 0. The molecule has 13 heavy (non-hydrogen) atoms. The molecule has 0 aromatic carbocycles. The molecule has 0 aliphatic rings. The molecule has 0 saturated heterocycles. The van der Waals surface area contributed by atoms with Crippen LogP contribution in [0.4, 0.5) is 0 Å². The van der Waals surface area contributed by atoms with Crippen LogP contribution < -0.4 is 4.57 Å². The van der Waals surface area contributed by atoms with E-state index < -0.39 is 0 Å². The van der Waals surface area contributed by atoms with Crippen LogP contribution in [0.2, 0.25) is 0 Å². The molecule has 1 rings (SSSR count). The van der Waals surface area contributed by atoms with Crippen molar-refractivity contribution in [1.82, 2.24) is 0 Å². The summed E-state index contributed by atoms with van der Waals surface area (Å²) in [6.45, 7) is 4.63. The zero-order valence-electron chi connectivity index (χ0n) is 8.23. The van der Waals surface area contributed by atoms with Gasteiger partial charge in [-0.3, -0.25) is 4.79 Å². The Morgan fingerprint density at radius 2 is 1.85 bits per heavy atom. The van der Waals surface area contributed by atoms with Gasteiger partial charge in [-0.1, -0.05) is 19.9 Å². The van der Waals surface area contributed by atoms with Gasteiger partial charge in [0.2, 0.25) is 6.54 Å². The summed E-state index contributed by atoms with van der Waals surface area (Å²) in [5.74, 6) is 0.753. The average Bonchev–Trinajstić information content (AvgIpc) is 2.04. The first-order chi connectivity index (χ1) is 6.18. The van der Waals surface area contributed by atoms with E-state index in [-0.39, 0.29) is 0 Å². The normalized spacial score (nSPS) is 10.4. The Labute approximate surface area is 79.2 Å². The minimum absolute atomic E-state index is 0.297. The van der Waals surface area contributed by atoms with E-state index in [0.29, 0.717) is 24.7 Å². The molecule has 0 spiro atoms. The third-order valence-electron chi connectivity index (χ3n) is 1.77. The number of nitrogens with zero attached hydrogens (tertiary/aromatic N) is 1. The van der Waals surface area contributed by atoms with E-state index in [1.165, 1.54) is 0 Å². The second-order valence-corrected chi connectivity index (χ2v) is 3.68. The molecule has 1 heterocycles. The lowest BCUT2D eigenvalue weighted by atomic mass is 10.1. The number of Topliss-reactive ketones (excluding diaryl/α,β-unsaturated/α-hetero) is 1. The second-order valence-electron chi connectivity index (χ2n) is 3.68. The van der Waals surface area contributed by atoms with Gasteiger partial charge in [0, 0.05) is 18.6 Å². The maximum Gasteiger partial charge on any atom is 0.206 e. The summed E-state index contributed by atoms with van der Waals surface area (Å²) in [4.78, 5) is 11.4. The van der Waals surface area contributed by atoms with Gasteiger partial charge >= 0.3 is 0 Å². The number of hydrogen-bond donors (Lipinski definition) is 0. The molecular formula is C11H16NO+. The number of carbonyl (C=O) groups excluding carboxylic acids is 1. The highest BCUT2D eigenvalue weighted by Gasteiger charge is 2.09. The first kappa shape index (κ1) is 9.90. The highest BCUT2D eigenvalue weighted by molar-refractivity contribution is 5.77. The van der Waals surface area contributed by atoms with Crippen molar-refractivity contribution in [2.24, 2.45) is 5.92 Å². The van der Waals surface area contributed by atoms with Crippen LogP contribution in [-0.2, 0) is 11.3 Å². The van der Waals surface area contributed by atoms with Gasteiger partial charge in [-0.15, -0.1) is 0 Å². The van der Waals surface area contributed by atoms with E-state index in [1.54, 1.807) is 0 Å². The lowest BCUT2D eigenvalue weighted by molar-refractivity contribution is -0.684. The Morgan fingerprint density at radius 1 is 1.23 bits per heavy atom. The number of ketones is 1. The quantitative estimate of drug-likeness (QED) is 0.641. The molecule has 0 atom stereocenters. The zero-order chi connectivity index (χ0) is 9.68. The second kappa shape index (κ2) is 4.75. The van der Waals surface area contributed by atoms with Gasteiger partial charge in [-0.25, -0.2) is 0 Å². The van der Waals surface area contributed by atoms with E-state index >= 15 is 0 Å². The fourth-order valence-electron chi connectivity index (χ4n) is 1.26. The fourth-order valence-corrected chi connectivity index (χ4v) is 1.26.